The Balaban J connectivity index is 0.000000145. The van der Waals surface area contributed by atoms with Crippen LogP contribution in [0.25, 0.3) is 16.0 Å². The second-order valence-electron chi connectivity index (χ2n) is 1.23. The summed E-state index contributed by atoms with van der Waals surface area (Å²) in [4.78, 5) is 1.50. The van der Waals surface area contributed by atoms with E-state index in [2.05, 4.69) is 4.74 Å². The van der Waals surface area contributed by atoms with Gasteiger partial charge in [0.05, 0.1) is 13.2 Å². The van der Waals surface area contributed by atoms with Crippen molar-refractivity contribution in [1.82, 2.24) is 0 Å². The molecule has 0 bridgehead atoms. The van der Waals surface area contributed by atoms with Gasteiger partial charge in [-0.05, 0) is 0 Å². The van der Waals surface area contributed by atoms with Crippen LogP contribution in [0.4, 0.5) is 0 Å². The number of aliphatic hydroxyl groups excluding tert-OH is 1. The van der Waals surface area contributed by atoms with Crippen LogP contribution in [-0.4, -0.2) is 24.4 Å². The number of nitrogens with zero attached hydrogens (tertiary/aromatic N) is 3. The number of aliphatic hydroxyl groups is 1. The Morgan fingerprint density at radius 3 is 2.12 bits per heavy atom. The van der Waals surface area contributed by atoms with Crippen LogP contribution in [0.1, 0.15) is 0 Å². The van der Waals surface area contributed by atoms with Gasteiger partial charge in [-0.25, -0.2) is 0 Å². The van der Waals surface area contributed by atoms with Crippen molar-refractivity contribution in [2.45, 2.75) is 6.10 Å². The van der Waals surface area contributed by atoms with Crippen molar-refractivity contribution in [2.75, 3.05) is 13.2 Å². The van der Waals surface area contributed by atoms with E-state index in [0.717, 1.165) is 6.61 Å². The zero-order valence-corrected chi connectivity index (χ0v) is 4.19. The molecule has 0 radical (unpaired) electrons. The molecule has 1 N–H and O–H groups in total. The lowest BCUT2D eigenvalue weighted by Crippen LogP contribution is -1.88. The summed E-state index contributed by atoms with van der Waals surface area (Å²) in [5, 5.41) is 8.08. The predicted octanol–water partition coefficient (Wildman–Crippen LogP) is 0.244. The molecule has 0 aromatic rings. The van der Waals surface area contributed by atoms with E-state index in [9.17, 15) is 0 Å². The van der Waals surface area contributed by atoms with Crippen LogP contribution in [0.2, 0.25) is 0 Å². The first kappa shape index (κ1) is 7.23. The molecule has 46 valence electrons. The van der Waals surface area contributed by atoms with Crippen LogP contribution in [0.3, 0.4) is 0 Å². The predicted molar refractivity (Wildman–Crippen MR) is 26.9 cm³/mol. The van der Waals surface area contributed by atoms with Crippen molar-refractivity contribution in [2.24, 2.45) is 0 Å². The fourth-order valence-electron chi connectivity index (χ4n) is 0.173. The second-order valence-corrected chi connectivity index (χ2v) is 1.23. The molecule has 0 spiro atoms. The van der Waals surface area contributed by atoms with E-state index < -0.39 is 0 Å². The molecular weight excluding hydrogens is 110 g/mol. The van der Waals surface area contributed by atoms with Gasteiger partial charge in [-0.2, -0.15) is 0 Å². The van der Waals surface area contributed by atoms with Gasteiger partial charge in [0.2, 0.25) is 0 Å². The molecule has 5 nitrogen and oxygen atoms in total. The zero-order chi connectivity index (χ0) is 6.41. The Labute approximate surface area is 46.3 Å². The van der Waals surface area contributed by atoms with Gasteiger partial charge in [0, 0.05) is 0 Å². The lowest BCUT2D eigenvalue weighted by atomic mass is 10.5. The Morgan fingerprint density at radius 1 is 1.75 bits per heavy atom. The first-order valence-electron chi connectivity index (χ1n) is 2.06. The molecule has 1 heterocycles. The molecule has 0 saturated carbocycles. The van der Waals surface area contributed by atoms with Gasteiger partial charge in [0.25, 0.3) is 0 Å². The minimum Gasteiger partial charge on any atom is -0.394 e. The van der Waals surface area contributed by atoms with Crippen LogP contribution in [-0.2, 0) is 4.74 Å². The smallest absolute Gasteiger partial charge is 0.104 e. The maximum Gasteiger partial charge on any atom is 0.104 e. The third kappa shape index (κ3) is 5.23. The molecule has 0 amide bonds. The summed E-state index contributed by atoms with van der Waals surface area (Å²) in [6.45, 7) is 0.955. The van der Waals surface area contributed by atoms with Crippen LogP contribution < -0.4 is 0 Å². The molecule has 0 aliphatic carbocycles. The molecule has 0 aromatic heterocycles. The number of rotatable bonds is 1. The summed E-state index contributed by atoms with van der Waals surface area (Å²) in [7, 11) is 0. The largest absolute Gasteiger partial charge is 0.394 e. The summed E-state index contributed by atoms with van der Waals surface area (Å²) >= 11 is 0. The van der Waals surface area contributed by atoms with E-state index in [0.29, 0.717) is 0 Å². The third-order valence-electron chi connectivity index (χ3n) is 0.606. The summed E-state index contributed by atoms with van der Waals surface area (Å²) in [5.41, 5.74) is 13.5. The van der Waals surface area contributed by atoms with Crippen molar-refractivity contribution in [3.05, 3.63) is 16.0 Å². The average Bonchev–Trinajstić information content (AvgIpc) is 2.48. The van der Waals surface area contributed by atoms with Gasteiger partial charge in [-0.15, -0.1) is 0 Å². The molecular formula is C3H6N3O2-. The highest BCUT2D eigenvalue weighted by Gasteiger charge is 2.19. The van der Waals surface area contributed by atoms with Gasteiger partial charge in [-0.1, -0.05) is 0 Å². The normalized spacial score (nSPS) is 22.4. The summed E-state index contributed by atoms with van der Waals surface area (Å²) in [6.07, 6.45) is 0.190. The molecule has 1 unspecified atom stereocenters. The van der Waals surface area contributed by atoms with Crippen molar-refractivity contribution >= 4 is 0 Å². The van der Waals surface area contributed by atoms with Gasteiger partial charge < -0.3 is 20.9 Å². The minimum absolute atomic E-state index is 0.190. The highest BCUT2D eigenvalue weighted by atomic mass is 16.6. The van der Waals surface area contributed by atoms with E-state index in [1.54, 1.807) is 0 Å². The number of epoxide rings is 1. The summed E-state index contributed by atoms with van der Waals surface area (Å²) in [5.74, 6) is 0. The molecule has 1 aliphatic heterocycles. The van der Waals surface area contributed by atoms with Gasteiger partial charge >= 0.3 is 0 Å². The Kier molecular flexibility index (Phi) is 3.97. The van der Waals surface area contributed by atoms with E-state index in [1.165, 1.54) is 4.91 Å². The highest BCUT2D eigenvalue weighted by molar-refractivity contribution is 4.65. The highest BCUT2D eigenvalue weighted by Crippen LogP contribution is 2.04. The lowest BCUT2D eigenvalue weighted by Gasteiger charge is -1.70. The zero-order valence-electron chi connectivity index (χ0n) is 4.19. The molecule has 8 heavy (non-hydrogen) atoms. The fraction of sp³-hybridized carbons (Fsp3) is 1.00. The van der Waals surface area contributed by atoms with Gasteiger partial charge in [-0.3, -0.25) is 4.91 Å². The maximum atomic E-state index is 8.08. The maximum absolute atomic E-state index is 8.08. The molecule has 1 aliphatic rings. The van der Waals surface area contributed by atoms with E-state index >= 15 is 0 Å². The molecule has 1 atom stereocenters. The number of hydrogen-bond donors (Lipinski definition) is 1. The quantitative estimate of drug-likeness (QED) is 0.230. The van der Waals surface area contributed by atoms with Crippen molar-refractivity contribution in [3.8, 4) is 0 Å². The van der Waals surface area contributed by atoms with Crippen LogP contribution in [0.5, 0.6) is 0 Å². The molecule has 1 rings (SSSR count). The first-order valence-corrected chi connectivity index (χ1v) is 2.06. The molecule has 0 aromatic carbocycles. The van der Waals surface area contributed by atoms with Gasteiger partial charge in [0.1, 0.15) is 6.10 Å². The Bertz CT molecular complexity index is 84.5. The Hall–Kier alpha value is -0.770. The number of ether oxygens (including phenoxy) is 1. The second kappa shape index (κ2) is 4.39. The standard InChI is InChI=1S/C3H6O2.N3/c4-1-3-2-5-3;1-3-2/h3-4H,1-2H2;/q;-1. The summed E-state index contributed by atoms with van der Waals surface area (Å²) in [6, 6.07) is 0. The SMILES string of the molecule is OCC1CO1.[N-]=[N+]=[N-]. The topological polar surface area (TPSA) is 91.5 Å². The number of hydrogen-bond acceptors (Lipinski definition) is 2. The van der Waals surface area contributed by atoms with Crippen molar-refractivity contribution < 1.29 is 9.84 Å². The first-order chi connectivity index (χ1) is 3.85. The van der Waals surface area contributed by atoms with Crippen molar-refractivity contribution in [1.29, 1.82) is 0 Å². The lowest BCUT2D eigenvalue weighted by molar-refractivity contribution is 0.244. The van der Waals surface area contributed by atoms with Crippen LogP contribution >= 0.6 is 0 Å². The van der Waals surface area contributed by atoms with Crippen LogP contribution in [0, 0.1) is 0 Å². The van der Waals surface area contributed by atoms with Crippen molar-refractivity contribution in [3.63, 3.8) is 0 Å². The molecule has 1 saturated heterocycles. The monoisotopic (exact) mass is 116 g/mol. The Morgan fingerprint density at radius 2 is 2.12 bits per heavy atom. The molecule has 1 fully saturated rings. The van der Waals surface area contributed by atoms with Gasteiger partial charge in [0.15, 0.2) is 0 Å². The van der Waals surface area contributed by atoms with E-state index in [1.807, 2.05) is 0 Å². The fourth-order valence-corrected chi connectivity index (χ4v) is 0.173. The minimum atomic E-state index is 0.190. The third-order valence-corrected chi connectivity index (χ3v) is 0.606. The van der Waals surface area contributed by atoms with Crippen LogP contribution in [0.15, 0.2) is 0 Å². The molecule has 5 heteroatoms. The van der Waals surface area contributed by atoms with E-state index in [-0.39, 0.29) is 12.7 Å². The average molecular weight is 116 g/mol. The summed E-state index contributed by atoms with van der Waals surface area (Å²) < 4.78 is 4.61. The van der Waals surface area contributed by atoms with E-state index in [4.69, 9.17) is 16.2 Å².